The maximum absolute atomic E-state index is 11.5. The lowest BCUT2D eigenvalue weighted by Gasteiger charge is -2.12. The summed E-state index contributed by atoms with van der Waals surface area (Å²) in [5, 5.41) is 22.2. The molecule has 0 aliphatic rings. The molecule has 7 nitrogen and oxygen atoms in total. The number of nitrogens with two attached hydrogens (primary N) is 1. The monoisotopic (exact) mass is 473 g/mol. The Kier molecular flexibility index (Phi) is 5.37. The number of nitrogens with one attached hydrogen (secondary N) is 1. The van der Waals surface area contributed by atoms with Crippen molar-refractivity contribution in [1.82, 2.24) is 15.2 Å². The van der Waals surface area contributed by atoms with E-state index in [1.165, 1.54) is 12.1 Å². The van der Waals surface area contributed by atoms with Crippen molar-refractivity contribution in [1.29, 1.82) is 0 Å². The van der Waals surface area contributed by atoms with Gasteiger partial charge in [0.15, 0.2) is 5.82 Å². The molecule has 5 rings (SSSR count). The summed E-state index contributed by atoms with van der Waals surface area (Å²) in [6.45, 7) is 2.07. The van der Waals surface area contributed by atoms with Gasteiger partial charge in [0.25, 0.3) is 0 Å². The van der Waals surface area contributed by atoms with Gasteiger partial charge >= 0.3 is 0 Å². The number of anilines is 2. The van der Waals surface area contributed by atoms with E-state index in [1.54, 1.807) is 29.7 Å². The van der Waals surface area contributed by atoms with Crippen LogP contribution < -0.4 is 10.5 Å². The minimum Gasteiger partial charge on any atom is -0.338 e. The van der Waals surface area contributed by atoms with Crippen molar-refractivity contribution >= 4 is 43.6 Å². The summed E-state index contributed by atoms with van der Waals surface area (Å²) in [7, 11) is -3.75. The van der Waals surface area contributed by atoms with Crippen LogP contribution in [0.1, 0.15) is 5.56 Å². The SMILES string of the molecule is Cc1ccc(-c2nnc(Nc3ccc(S(N)(=O)=O)cc3)c3ccccc23)cc1-c1nccs1. The Morgan fingerprint density at radius 2 is 1.70 bits per heavy atom. The van der Waals surface area contributed by atoms with Crippen LogP contribution in [-0.2, 0) is 10.0 Å². The molecule has 0 unspecified atom stereocenters. The van der Waals surface area contributed by atoms with Crippen molar-refractivity contribution in [3.05, 3.63) is 83.9 Å². The first-order chi connectivity index (χ1) is 15.9. The zero-order chi connectivity index (χ0) is 23.0. The van der Waals surface area contributed by atoms with E-state index in [-0.39, 0.29) is 4.90 Å². The van der Waals surface area contributed by atoms with Crippen LogP contribution in [0.3, 0.4) is 0 Å². The maximum Gasteiger partial charge on any atom is 0.238 e. The van der Waals surface area contributed by atoms with Gasteiger partial charge in [0.1, 0.15) is 10.7 Å². The fraction of sp³-hybridized carbons (Fsp3) is 0.0417. The van der Waals surface area contributed by atoms with Gasteiger partial charge in [-0.25, -0.2) is 18.5 Å². The summed E-state index contributed by atoms with van der Waals surface area (Å²) >= 11 is 1.60. The summed E-state index contributed by atoms with van der Waals surface area (Å²) in [5.41, 5.74) is 4.63. The Bertz CT molecular complexity index is 1570. The molecular weight excluding hydrogens is 454 g/mol. The summed E-state index contributed by atoms with van der Waals surface area (Å²) in [5.74, 6) is 0.574. The highest BCUT2D eigenvalue weighted by molar-refractivity contribution is 7.89. The molecule has 0 atom stereocenters. The maximum atomic E-state index is 11.5. The van der Waals surface area contributed by atoms with Gasteiger partial charge in [0.2, 0.25) is 10.0 Å². The molecule has 5 aromatic rings. The Morgan fingerprint density at radius 1 is 0.939 bits per heavy atom. The van der Waals surface area contributed by atoms with Crippen molar-refractivity contribution in [2.75, 3.05) is 5.32 Å². The van der Waals surface area contributed by atoms with E-state index in [4.69, 9.17) is 5.14 Å². The molecule has 0 aliphatic carbocycles. The van der Waals surface area contributed by atoms with Gasteiger partial charge in [-0.2, -0.15) is 0 Å². The van der Waals surface area contributed by atoms with E-state index in [9.17, 15) is 8.42 Å². The van der Waals surface area contributed by atoms with Crippen molar-refractivity contribution in [2.45, 2.75) is 11.8 Å². The van der Waals surface area contributed by atoms with Crippen molar-refractivity contribution in [3.63, 3.8) is 0 Å². The molecule has 0 aliphatic heterocycles. The van der Waals surface area contributed by atoms with E-state index < -0.39 is 10.0 Å². The average molecular weight is 474 g/mol. The van der Waals surface area contributed by atoms with E-state index in [2.05, 4.69) is 39.6 Å². The predicted molar refractivity (Wildman–Crippen MR) is 132 cm³/mol. The second kappa shape index (κ2) is 8.36. The predicted octanol–water partition coefficient (Wildman–Crippen LogP) is 5.12. The normalized spacial score (nSPS) is 11.6. The Hall–Kier alpha value is -3.66. The van der Waals surface area contributed by atoms with E-state index in [0.717, 1.165) is 38.2 Å². The largest absolute Gasteiger partial charge is 0.338 e. The van der Waals surface area contributed by atoms with Crippen LogP contribution in [0.15, 0.2) is 83.2 Å². The molecule has 0 amide bonds. The smallest absolute Gasteiger partial charge is 0.238 e. The van der Waals surface area contributed by atoms with Gasteiger partial charge in [0, 0.05) is 39.2 Å². The van der Waals surface area contributed by atoms with Crippen LogP contribution in [0.25, 0.3) is 32.6 Å². The van der Waals surface area contributed by atoms with Gasteiger partial charge in [-0.05, 0) is 42.8 Å². The van der Waals surface area contributed by atoms with Crippen LogP contribution in [0.4, 0.5) is 11.5 Å². The van der Waals surface area contributed by atoms with Crippen molar-refractivity contribution < 1.29 is 8.42 Å². The molecule has 3 N–H and O–H groups in total. The lowest BCUT2D eigenvalue weighted by atomic mass is 10.00. The number of hydrogen-bond donors (Lipinski definition) is 2. The van der Waals surface area contributed by atoms with Gasteiger partial charge in [-0.15, -0.1) is 21.5 Å². The summed E-state index contributed by atoms with van der Waals surface area (Å²) in [4.78, 5) is 4.50. The molecule has 9 heteroatoms. The molecule has 0 spiro atoms. The van der Waals surface area contributed by atoms with Crippen molar-refractivity contribution in [3.8, 4) is 21.8 Å². The number of nitrogens with zero attached hydrogens (tertiary/aromatic N) is 3. The van der Waals surface area contributed by atoms with Crippen molar-refractivity contribution in [2.24, 2.45) is 5.14 Å². The zero-order valence-electron chi connectivity index (χ0n) is 17.6. The van der Waals surface area contributed by atoms with E-state index in [0.29, 0.717) is 11.5 Å². The standard InChI is InChI=1S/C24H19N5O2S2/c1-15-6-7-16(14-21(15)24-26-12-13-32-24)22-19-4-2-3-5-20(19)23(29-28-22)27-17-8-10-18(11-9-17)33(25,30)31/h2-14H,1H3,(H,27,29)(H2,25,30,31). The Labute approximate surface area is 195 Å². The van der Waals surface area contributed by atoms with Gasteiger partial charge in [-0.1, -0.05) is 36.4 Å². The minimum atomic E-state index is -3.75. The molecule has 2 aromatic heterocycles. The third kappa shape index (κ3) is 4.21. The number of primary sulfonamides is 1. The van der Waals surface area contributed by atoms with E-state index >= 15 is 0 Å². The molecule has 0 saturated heterocycles. The van der Waals surface area contributed by atoms with Gasteiger partial charge < -0.3 is 5.32 Å². The van der Waals surface area contributed by atoms with Crippen LogP contribution in [0, 0.1) is 6.92 Å². The molecular formula is C24H19N5O2S2. The molecule has 3 aromatic carbocycles. The highest BCUT2D eigenvalue weighted by Gasteiger charge is 2.14. The number of aromatic nitrogens is 3. The second-order valence-electron chi connectivity index (χ2n) is 7.50. The molecule has 0 saturated carbocycles. The molecule has 164 valence electrons. The number of fused-ring (bicyclic) bond motifs is 1. The molecule has 0 bridgehead atoms. The summed E-state index contributed by atoms with van der Waals surface area (Å²) in [6.07, 6.45) is 1.80. The van der Waals surface area contributed by atoms with Gasteiger partial charge in [-0.3, -0.25) is 0 Å². The topological polar surface area (TPSA) is 111 Å². The van der Waals surface area contributed by atoms with Gasteiger partial charge in [0.05, 0.1) is 4.90 Å². The van der Waals surface area contributed by atoms with E-state index in [1.807, 2.05) is 35.7 Å². The lowest BCUT2D eigenvalue weighted by molar-refractivity contribution is 0.598. The second-order valence-corrected chi connectivity index (χ2v) is 9.96. The lowest BCUT2D eigenvalue weighted by Crippen LogP contribution is -2.11. The van der Waals surface area contributed by atoms with Crippen LogP contribution in [0.5, 0.6) is 0 Å². The average Bonchev–Trinajstić information content (AvgIpc) is 3.34. The fourth-order valence-electron chi connectivity index (χ4n) is 3.63. The first-order valence-corrected chi connectivity index (χ1v) is 12.5. The molecule has 33 heavy (non-hydrogen) atoms. The third-order valence-electron chi connectivity index (χ3n) is 5.31. The number of hydrogen-bond acceptors (Lipinski definition) is 7. The number of sulfonamides is 1. The first-order valence-electron chi connectivity index (χ1n) is 10.1. The minimum absolute atomic E-state index is 0.0507. The van der Waals surface area contributed by atoms with Crippen LogP contribution in [-0.4, -0.2) is 23.6 Å². The Balaban J connectivity index is 1.56. The first kappa shape index (κ1) is 21.2. The third-order valence-corrected chi connectivity index (χ3v) is 7.04. The van der Waals surface area contributed by atoms with Crippen LogP contribution in [0.2, 0.25) is 0 Å². The highest BCUT2D eigenvalue weighted by Crippen LogP contribution is 2.34. The van der Waals surface area contributed by atoms with Crippen LogP contribution >= 0.6 is 11.3 Å². The number of benzene rings is 3. The Morgan fingerprint density at radius 3 is 2.39 bits per heavy atom. The number of thiazole rings is 1. The quantitative estimate of drug-likeness (QED) is 0.366. The zero-order valence-corrected chi connectivity index (χ0v) is 19.2. The summed E-state index contributed by atoms with van der Waals surface area (Å²) < 4.78 is 23.0. The molecule has 2 heterocycles. The molecule has 0 fully saturated rings. The summed E-state index contributed by atoms with van der Waals surface area (Å²) in [6, 6.07) is 20.3. The highest BCUT2D eigenvalue weighted by atomic mass is 32.2. The molecule has 0 radical (unpaired) electrons. The number of aryl methyl sites for hydroxylation is 1. The number of rotatable bonds is 5. The fourth-order valence-corrected chi connectivity index (χ4v) is 4.86.